The number of phenolic OH excluding ortho intramolecular Hbond substituents is 1. The van der Waals surface area contributed by atoms with Gasteiger partial charge in [-0.1, -0.05) is 6.07 Å². The summed E-state index contributed by atoms with van der Waals surface area (Å²) in [5.74, 6) is -0.0116. The molecular formula is C21H25N3O3S2. The van der Waals surface area contributed by atoms with E-state index in [1.807, 2.05) is 12.1 Å². The average Bonchev–Trinajstić information content (AvgIpc) is 3.11. The number of carbonyl (C=O) groups excluding carboxylic acids is 1. The van der Waals surface area contributed by atoms with Crippen molar-refractivity contribution in [3.8, 4) is 5.75 Å². The molecule has 0 radical (unpaired) electrons. The first-order chi connectivity index (χ1) is 14.1. The van der Waals surface area contributed by atoms with E-state index in [9.17, 15) is 9.90 Å². The number of phenols is 1. The van der Waals surface area contributed by atoms with Crippen molar-refractivity contribution in [3.63, 3.8) is 0 Å². The number of esters is 1. The Morgan fingerprint density at radius 3 is 2.69 bits per heavy atom. The third-order valence-corrected chi connectivity index (χ3v) is 7.11. The van der Waals surface area contributed by atoms with Crippen molar-refractivity contribution < 1.29 is 14.6 Å². The summed E-state index contributed by atoms with van der Waals surface area (Å²) in [5, 5.41) is 14.5. The molecule has 1 aromatic heterocycles. The van der Waals surface area contributed by atoms with Crippen molar-refractivity contribution in [2.24, 2.45) is 0 Å². The molecule has 1 aromatic carbocycles. The Balaban J connectivity index is 1.44. The molecule has 0 saturated carbocycles. The zero-order valence-corrected chi connectivity index (χ0v) is 18.1. The van der Waals surface area contributed by atoms with Gasteiger partial charge in [0.25, 0.3) is 0 Å². The van der Waals surface area contributed by atoms with Crippen molar-refractivity contribution in [2.75, 3.05) is 43.5 Å². The molecule has 4 rings (SSSR count). The number of thiocarbonyl (C=S) groups is 1. The van der Waals surface area contributed by atoms with Gasteiger partial charge in [0.1, 0.15) is 10.8 Å². The molecule has 2 heterocycles. The lowest BCUT2D eigenvalue weighted by Gasteiger charge is -2.37. The minimum atomic E-state index is -0.289. The topological polar surface area (TPSA) is 65.0 Å². The second-order valence-electron chi connectivity index (χ2n) is 7.33. The molecule has 0 atom stereocenters. The van der Waals surface area contributed by atoms with Gasteiger partial charge in [-0.05, 0) is 55.6 Å². The van der Waals surface area contributed by atoms with E-state index < -0.39 is 0 Å². The Morgan fingerprint density at radius 2 is 1.97 bits per heavy atom. The predicted molar refractivity (Wildman–Crippen MR) is 120 cm³/mol. The van der Waals surface area contributed by atoms with Crippen LogP contribution in [0.25, 0.3) is 0 Å². The van der Waals surface area contributed by atoms with Crippen LogP contribution in [-0.2, 0) is 17.6 Å². The Labute approximate surface area is 180 Å². The zero-order chi connectivity index (χ0) is 20.4. The summed E-state index contributed by atoms with van der Waals surface area (Å²) in [4.78, 5) is 18.1. The van der Waals surface area contributed by atoms with Gasteiger partial charge in [-0.25, -0.2) is 4.79 Å². The van der Waals surface area contributed by atoms with Crippen LogP contribution in [0.1, 0.15) is 33.6 Å². The minimum absolute atomic E-state index is 0.277. The Morgan fingerprint density at radius 1 is 1.21 bits per heavy atom. The van der Waals surface area contributed by atoms with Crippen LogP contribution in [0.15, 0.2) is 24.3 Å². The highest BCUT2D eigenvalue weighted by Crippen LogP contribution is 2.38. The van der Waals surface area contributed by atoms with Crippen LogP contribution >= 0.6 is 23.6 Å². The summed E-state index contributed by atoms with van der Waals surface area (Å²) in [6, 6.07) is 7.32. The second kappa shape index (κ2) is 8.59. The van der Waals surface area contributed by atoms with Gasteiger partial charge in [0.15, 0.2) is 5.11 Å². The third-order valence-electron chi connectivity index (χ3n) is 5.54. The van der Waals surface area contributed by atoms with Crippen molar-refractivity contribution in [1.29, 1.82) is 0 Å². The molecule has 2 aliphatic rings. The van der Waals surface area contributed by atoms with Crippen molar-refractivity contribution in [3.05, 3.63) is 40.3 Å². The number of hydrogen-bond donors (Lipinski definition) is 2. The largest absolute Gasteiger partial charge is 0.508 e. The van der Waals surface area contributed by atoms with Crippen LogP contribution in [0.4, 0.5) is 10.7 Å². The summed E-state index contributed by atoms with van der Waals surface area (Å²) >= 11 is 7.30. The lowest BCUT2D eigenvalue weighted by molar-refractivity contribution is 0.0601. The summed E-state index contributed by atoms with van der Waals surface area (Å²) < 4.78 is 5.04. The van der Waals surface area contributed by atoms with Gasteiger partial charge in [-0.15, -0.1) is 11.3 Å². The number of carbonyl (C=O) groups is 1. The van der Waals surface area contributed by atoms with E-state index in [0.717, 1.165) is 68.1 Å². The molecule has 6 nitrogen and oxygen atoms in total. The molecule has 1 aliphatic heterocycles. The normalized spacial score (nSPS) is 16.3. The lowest BCUT2D eigenvalue weighted by atomic mass is 9.95. The minimum Gasteiger partial charge on any atom is -0.508 e. The number of thiophene rings is 1. The quantitative estimate of drug-likeness (QED) is 0.568. The van der Waals surface area contributed by atoms with Crippen LogP contribution in [-0.4, -0.2) is 54.4 Å². The van der Waals surface area contributed by atoms with Gasteiger partial charge in [0, 0.05) is 42.8 Å². The fourth-order valence-corrected chi connectivity index (χ4v) is 5.63. The van der Waals surface area contributed by atoms with Gasteiger partial charge < -0.3 is 25.0 Å². The number of piperazine rings is 1. The molecule has 154 valence electrons. The number of nitrogens with zero attached hydrogens (tertiary/aromatic N) is 2. The summed E-state index contributed by atoms with van der Waals surface area (Å²) in [6.07, 6.45) is 4.21. The smallest absolute Gasteiger partial charge is 0.341 e. The maximum Gasteiger partial charge on any atom is 0.341 e. The predicted octanol–water partition coefficient (Wildman–Crippen LogP) is 3.64. The Kier molecular flexibility index (Phi) is 5.91. The monoisotopic (exact) mass is 431 g/mol. The van der Waals surface area contributed by atoms with Gasteiger partial charge in [-0.3, -0.25) is 0 Å². The van der Waals surface area contributed by atoms with E-state index in [-0.39, 0.29) is 11.7 Å². The number of aryl methyl sites for hydroxylation is 1. The van der Waals surface area contributed by atoms with E-state index in [1.54, 1.807) is 23.5 Å². The number of benzene rings is 1. The molecule has 29 heavy (non-hydrogen) atoms. The van der Waals surface area contributed by atoms with E-state index in [0.29, 0.717) is 10.7 Å². The van der Waals surface area contributed by atoms with Crippen LogP contribution in [0, 0.1) is 0 Å². The maximum atomic E-state index is 12.4. The number of nitrogens with one attached hydrogen (secondary N) is 1. The number of rotatable bonds is 3. The van der Waals surface area contributed by atoms with E-state index in [1.165, 1.54) is 12.0 Å². The number of hydrogen-bond acceptors (Lipinski definition) is 6. The number of ether oxygens (including phenoxy) is 1. The van der Waals surface area contributed by atoms with E-state index >= 15 is 0 Å². The number of anilines is 2. The zero-order valence-electron chi connectivity index (χ0n) is 16.4. The van der Waals surface area contributed by atoms with Crippen LogP contribution < -0.4 is 10.2 Å². The molecule has 0 amide bonds. The maximum absolute atomic E-state index is 12.4. The van der Waals surface area contributed by atoms with Crippen LogP contribution in [0.3, 0.4) is 0 Å². The van der Waals surface area contributed by atoms with Crippen LogP contribution in [0.2, 0.25) is 0 Å². The standard InChI is InChI=1S/C21H25N3O3S2/c1-27-20(26)18-16-7-2-3-8-17(16)29-19(18)22-21(28)24-11-9-23(10-12-24)14-5-4-6-15(25)13-14/h4-6,13,25H,2-3,7-12H2,1H3,(H,22,28). The fourth-order valence-electron chi connectivity index (χ4n) is 4.01. The molecule has 8 heteroatoms. The average molecular weight is 432 g/mol. The highest BCUT2D eigenvalue weighted by Gasteiger charge is 2.28. The SMILES string of the molecule is COC(=O)c1c(NC(=S)N2CCN(c3cccc(O)c3)CC2)sc2c1CCCC2. The second-order valence-corrected chi connectivity index (χ2v) is 8.82. The van der Waals surface area contributed by atoms with Gasteiger partial charge >= 0.3 is 5.97 Å². The number of aromatic hydroxyl groups is 1. The molecule has 0 spiro atoms. The summed E-state index contributed by atoms with van der Waals surface area (Å²) in [5.41, 5.74) is 2.81. The fraction of sp³-hybridized carbons (Fsp3) is 0.429. The van der Waals surface area contributed by atoms with Crippen molar-refractivity contribution in [2.45, 2.75) is 25.7 Å². The molecule has 1 fully saturated rings. The highest BCUT2D eigenvalue weighted by atomic mass is 32.1. The highest BCUT2D eigenvalue weighted by molar-refractivity contribution is 7.80. The van der Waals surface area contributed by atoms with Gasteiger partial charge in [0.05, 0.1) is 12.7 Å². The van der Waals surface area contributed by atoms with E-state index in [4.69, 9.17) is 17.0 Å². The third kappa shape index (κ3) is 4.18. The van der Waals surface area contributed by atoms with Gasteiger partial charge in [0.2, 0.25) is 0 Å². The van der Waals surface area contributed by atoms with Crippen LogP contribution in [0.5, 0.6) is 5.75 Å². The first kappa shape index (κ1) is 20.0. The number of fused-ring (bicyclic) bond motifs is 1. The van der Waals surface area contributed by atoms with Crippen molar-refractivity contribution in [1.82, 2.24) is 4.90 Å². The molecule has 1 saturated heterocycles. The first-order valence-electron chi connectivity index (χ1n) is 9.89. The Bertz CT molecular complexity index is 920. The van der Waals surface area contributed by atoms with Crippen molar-refractivity contribution >= 4 is 45.3 Å². The molecule has 1 aliphatic carbocycles. The summed E-state index contributed by atoms with van der Waals surface area (Å²) in [7, 11) is 1.43. The molecule has 2 aromatic rings. The molecule has 0 bridgehead atoms. The summed E-state index contributed by atoms with van der Waals surface area (Å²) in [6.45, 7) is 3.19. The lowest BCUT2D eigenvalue weighted by Crippen LogP contribution is -2.50. The number of methoxy groups -OCH3 is 1. The Hall–Kier alpha value is -2.32. The molecule has 0 unspecified atom stereocenters. The molecular weight excluding hydrogens is 406 g/mol. The van der Waals surface area contributed by atoms with E-state index in [2.05, 4.69) is 15.1 Å². The van der Waals surface area contributed by atoms with Gasteiger partial charge in [-0.2, -0.15) is 0 Å². The molecule has 2 N–H and O–H groups in total. The first-order valence-corrected chi connectivity index (χ1v) is 11.1.